The average Bonchev–Trinajstić information content (AvgIpc) is 3.13. The lowest BCUT2D eigenvalue weighted by atomic mass is 9.68. The second-order valence-electron chi connectivity index (χ2n) is 16.4. The minimum absolute atomic E-state index is 0.0198. The van der Waals surface area contributed by atoms with Gasteiger partial charge in [-0.05, 0) is 65.9 Å². The second kappa shape index (κ2) is 15.9. The van der Waals surface area contributed by atoms with E-state index in [0.717, 1.165) is 7.11 Å². The van der Waals surface area contributed by atoms with Crippen LogP contribution in [0.25, 0.3) is 0 Å². The fourth-order valence-corrected chi connectivity index (χ4v) is 9.16. The number of hydrogen-bond acceptors (Lipinski definition) is 16. The van der Waals surface area contributed by atoms with E-state index in [4.69, 9.17) is 33.2 Å². The van der Waals surface area contributed by atoms with E-state index < -0.39 is 108 Å². The first-order chi connectivity index (χ1) is 26.9. The number of ketones is 2. The fraction of sp³-hybridized carbons (Fsp3) is 0.634. The molecule has 5 N–H and O–H groups in total. The molecule has 5 aliphatic rings. The standard InChI is InChI=1S/C41H53NO15/c1-17-24(43)11-12-28(52-17)56-39-19(3)54-30(15-26(39)45)57-38-18(2)53-29(14-23(38)42(5)6)55-27-16-41(4,50)34(40(49)51-7)21-13-22-33(37(48)32(21)27)36(47)31-20(35(22)46)9-8-10-25(31)44/h8-10,13,17-19,23-24,26-30,34,38-39,43-45,48,50H,11-12,14-16H2,1-7H3/t17-,18+,19+,23-,24-,26+,27-,28-,29+,30+,34-,38-,39-,41+/m0/s1. The van der Waals surface area contributed by atoms with Crippen molar-refractivity contribution in [1.82, 2.24) is 4.90 Å². The van der Waals surface area contributed by atoms with Crippen molar-refractivity contribution in [1.29, 1.82) is 0 Å². The summed E-state index contributed by atoms with van der Waals surface area (Å²) in [5, 5.41) is 55.5. The van der Waals surface area contributed by atoms with Gasteiger partial charge in [-0.15, -0.1) is 0 Å². The molecule has 14 atom stereocenters. The molecule has 0 bridgehead atoms. The van der Waals surface area contributed by atoms with Gasteiger partial charge in [0, 0.05) is 48.4 Å². The highest BCUT2D eigenvalue weighted by atomic mass is 16.7. The van der Waals surface area contributed by atoms with Crippen molar-refractivity contribution in [2.45, 2.75) is 145 Å². The maximum absolute atomic E-state index is 13.9. The van der Waals surface area contributed by atoms with Gasteiger partial charge in [-0.25, -0.2) is 0 Å². The number of aliphatic hydroxyl groups is 3. The molecular formula is C41H53NO15. The monoisotopic (exact) mass is 799 g/mol. The van der Waals surface area contributed by atoms with Crippen LogP contribution >= 0.6 is 0 Å². The lowest BCUT2D eigenvalue weighted by Gasteiger charge is -2.48. The van der Waals surface area contributed by atoms with E-state index in [1.807, 2.05) is 25.9 Å². The van der Waals surface area contributed by atoms with Crippen LogP contribution in [-0.2, 0) is 38.0 Å². The Morgan fingerprint density at radius 1 is 0.825 bits per heavy atom. The Kier molecular flexibility index (Phi) is 11.6. The lowest BCUT2D eigenvalue weighted by Crippen LogP contribution is -2.58. The zero-order chi connectivity index (χ0) is 41.2. The molecule has 312 valence electrons. The maximum Gasteiger partial charge on any atom is 0.316 e. The molecular weight excluding hydrogens is 746 g/mol. The third-order valence-corrected chi connectivity index (χ3v) is 12.1. The molecule has 3 heterocycles. The Morgan fingerprint density at radius 3 is 2.12 bits per heavy atom. The van der Waals surface area contributed by atoms with Crippen molar-refractivity contribution in [3.05, 3.63) is 57.6 Å². The van der Waals surface area contributed by atoms with Crippen LogP contribution in [0.5, 0.6) is 11.5 Å². The topological polar surface area (TPSA) is 220 Å². The minimum atomic E-state index is -1.80. The zero-order valence-electron chi connectivity index (χ0n) is 33.1. The Bertz CT molecular complexity index is 1870. The summed E-state index contributed by atoms with van der Waals surface area (Å²) in [4.78, 5) is 42.8. The van der Waals surface area contributed by atoms with Gasteiger partial charge in [0.25, 0.3) is 0 Å². The van der Waals surface area contributed by atoms with E-state index in [1.165, 1.54) is 31.2 Å². The molecule has 2 aromatic carbocycles. The number of likely N-dealkylation sites (N-methyl/N-ethyl adjacent to an activating group) is 1. The summed E-state index contributed by atoms with van der Waals surface area (Å²) in [6.07, 6.45) is -6.61. The molecule has 16 nitrogen and oxygen atoms in total. The summed E-state index contributed by atoms with van der Waals surface area (Å²) in [6, 6.07) is 5.09. The number of carbonyl (C=O) groups excluding carboxylic acids is 3. The van der Waals surface area contributed by atoms with Crippen LogP contribution in [0.2, 0.25) is 0 Å². The number of phenols is 2. The number of benzene rings is 2. The number of rotatable bonds is 8. The highest BCUT2D eigenvalue weighted by Crippen LogP contribution is 2.53. The van der Waals surface area contributed by atoms with Gasteiger partial charge in [0.2, 0.25) is 5.78 Å². The zero-order valence-corrected chi connectivity index (χ0v) is 33.1. The third kappa shape index (κ3) is 7.61. The third-order valence-electron chi connectivity index (χ3n) is 12.1. The van der Waals surface area contributed by atoms with Gasteiger partial charge in [0.1, 0.15) is 29.6 Å². The lowest BCUT2D eigenvalue weighted by molar-refractivity contribution is -0.328. The van der Waals surface area contributed by atoms with Crippen LogP contribution < -0.4 is 0 Å². The van der Waals surface area contributed by atoms with Crippen LogP contribution in [0.4, 0.5) is 0 Å². The Labute approximate surface area is 330 Å². The Balaban J connectivity index is 1.12. The molecule has 2 aliphatic carbocycles. The highest BCUT2D eigenvalue weighted by molar-refractivity contribution is 6.30. The summed E-state index contributed by atoms with van der Waals surface area (Å²) in [5.74, 6) is -4.63. The summed E-state index contributed by atoms with van der Waals surface area (Å²) < 4.78 is 42.6. The first-order valence-electron chi connectivity index (χ1n) is 19.5. The number of phenolic OH excluding ortho intramolecular Hbond substituents is 2. The van der Waals surface area contributed by atoms with Crippen molar-refractivity contribution in [3.8, 4) is 11.5 Å². The fourth-order valence-electron chi connectivity index (χ4n) is 9.16. The SMILES string of the molecule is COC(=O)[C@@H]1c2cc3c(c(O)c2[C@@H](O[C@@H]2C[C@H](N(C)C)[C@@H](O[C@@H]4C[C@@H](O)[C@@H](O[C@H]5CC[C@H](O)[C@H](C)O5)[C@@H](C)O4)[C@@H](C)O2)C[C@@]1(C)O)C(=O)c1c(O)cccc1C3=O. The first-order valence-corrected chi connectivity index (χ1v) is 19.5. The molecule has 57 heavy (non-hydrogen) atoms. The number of nitrogens with zero attached hydrogens (tertiary/aromatic N) is 1. The number of aromatic hydroxyl groups is 2. The van der Waals surface area contributed by atoms with Crippen molar-refractivity contribution in [3.63, 3.8) is 0 Å². The van der Waals surface area contributed by atoms with Gasteiger partial charge in [-0.3, -0.25) is 14.4 Å². The molecule has 3 aliphatic heterocycles. The van der Waals surface area contributed by atoms with Gasteiger partial charge in [0.05, 0.1) is 60.5 Å². The van der Waals surface area contributed by atoms with Gasteiger partial charge >= 0.3 is 5.97 Å². The number of fused-ring (bicyclic) bond motifs is 3. The van der Waals surface area contributed by atoms with Crippen LogP contribution in [0.15, 0.2) is 24.3 Å². The normalized spacial score (nSPS) is 38.0. The van der Waals surface area contributed by atoms with Crippen LogP contribution in [0, 0.1) is 0 Å². The Morgan fingerprint density at radius 2 is 1.47 bits per heavy atom. The van der Waals surface area contributed by atoms with Crippen LogP contribution in [0.3, 0.4) is 0 Å². The predicted molar refractivity (Wildman–Crippen MR) is 198 cm³/mol. The average molecular weight is 800 g/mol. The highest BCUT2D eigenvalue weighted by Gasteiger charge is 2.52. The van der Waals surface area contributed by atoms with Crippen LogP contribution in [-0.4, -0.2) is 142 Å². The number of methoxy groups -OCH3 is 1. The van der Waals surface area contributed by atoms with Gasteiger partial charge in [0.15, 0.2) is 24.7 Å². The molecule has 3 fully saturated rings. The van der Waals surface area contributed by atoms with Crippen molar-refractivity contribution < 1.29 is 73.1 Å². The van der Waals surface area contributed by atoms with E-state index in [0.29, 0.717) is 12.8 Å². The Hall–Kier alpha value is -3.55. The molecule has 0 amide bonds. The number of hydrogen-bond donors (Lipinski definition) is 5. The van der Waals surface area contributed by atoms with Crippen molar-refractivity contribution in [2.75, 3.05) is 21.2 Å². The number of ether oxygens (including phenoxy) is 7. The summed E-state index contributed by atoms with van der Waals surface area (Å²) in [6.45, 7) is 6.81. The molecule has 2 aromatic rings. The van der Waals surface area contributed by atoms with E-state index >= 15 is 0 Å². The number of esters is 1. The van der Waals surface area contributed by atoms with Crippen LogP contribution in [0.1, 0.15) is 115 Å². The van der Waals surface area contributed by atoms with E-state index in [2.05, 4.69) is 0 Å². The van der Waals surface area contributed by atoms with Gasteiger partial charge in [-0.1, -0.05) is 12.1 Å². The largest absolute Gasteiger partial charge is 0.507 e. The van der Waals surface area contributed by atoms with Gasteiger partial charge < -0.3 is 63.6 Å². The summed E-state index contributed by atoms with van der Waals surface area (Å²) in [5.41, 5.74) is -2.56. The first kappa shape index (κ1) is 41.6. The molecule has 0 unspecified atom stereocenters. The molecule has 16 heteroatoms. The second-order valence-corrected chi connectivity index (χ2v) is 16.4. The molecule has 0 saturated carbocycles. The predicted octanol–water partition coefficient (Wildman–Crippen LogP) is 2.56. The van der Waals surface area contributed by atoms with Gasteiger partial charge in [-0.2, -0.15) is 0 Å². The quantitative estimate of drug-likeness (QED) is 0.207. The summed E-state index contributed by atoms with van der Waals surface area (Å²) in [7, 11) is 4.91. The number of carbonyl (C=O) groups is 3. The van der Waals surface area contributed by atoms with E-state index in [9.17, 15) is 39.9 Å². The molecule has 7 rings (SSSR count). The van der Waals surface area contributed by atoms with Crippen molar-refractivity contribution in [2.24, 2.45) is 0 Å². The minimum Gasteiger partial charge on any atom is -0.507 e. The van der Waals surface area contributed by atoms with E-state index in [-0.39, 0.29) is 58.7 Å². The number of aliphatic hydroxyl groups excluding tert-OH is 2. The summed E-state index contributed by atoms with van der Waals surface area (Å²) >= 11 is 0. The van der Waals surface area contributed by atoms with Crippen molar-refractivity contribution >= 4 is 17.5 Å². The van der Waals surface area contributed by atoms with E-state index in [1.54, 1.807) is 13.8 Å². The molecule has 0 spiro atoms. The molecule has 3 saturated heterocycles. The molecule has 0 aromatic heterocycles. The molecule has 0 radical (unpaired) electrons. The maximum atomic E-state index is 13.9. The smallest absolute Gasteiger partial charge is 0.316 e.